The number of benzene rings is 2. The molecular weight excluding hydrogens is 676 g/mol. The van der Waals surface area contributed by atoms with Gasteiger partial charge >= 0.3 is 6.09 Å². The van der Waals surface area contributed by atoms with Crippen LogP contribution in [0.25, 0.3) is 16.5 Å². The Bertz CT molecular complexity index is 1910. The van der Waals surface area contributed by atoms with Crippen LogP contribution in [-0.4, -0.2) is 53.3 Å². The Morgan fingerprint density at radius 2 is 1.86 bits per heavy atom. The van der Waals surface area contributed by atoms with E-state index in [1.165, 1.54) is 17.2 Å². The molecule has 1 atom stereocenters. The minimum Gasteiger partial charge on any atom is -0.473 e. The summed E-state index contributed by atoms with van der Waals surface area (Å²) in [5.41, 5.74) is 11.3. The lowest BCUT2D eigenvalue weighted by molar-refractivity contribution is -0.141. The van der Waals surface area contributed by atoms with Gasteiger partial charge < -0.3 is 35.3 Å². The summed E-state index contributed by atoms with van der Waals surface area (Å²) in [6.45, 7) is 11.2. The summed E-state index contributed by atoms with van der Waals surface area (Å²) in [4.78, 5) is 24.3. The number of thiophene rings is 1. The van der Waals surface area contributed by atoms with E-state index in [0.717, 1.165) is 32.1 Å². The van der Waals surface area contributed by atoms with Crippen LogP contribution in [0.1, 0.15) is 61.7 Å². The number of nitrogens with zero attached hydrogens (tertiary/aromatic N) is 4. The number of alkyl carbamates (subject to hydrolysis) is 1. The molecule has 4 aromatic rings. The maximum Gasteiger partial charge on any atom is 0.407 e. The summed E-state index contributed by atoms with van der Waals surface area (Å²) in [7, 11) is 1.97. The number of aromatic nitrogens is 2. The number of nitrogen functional groups attached to an aromatic ring is 1. The zero-order valence-corrected chi connectivity index (χ0v) is 30.5. The topological polar surface area (TPSA) is 156 Å². The number of carbonyl (C=O) groups is 1. The van der Waals surface area contributed by atoms with Crippen molar-refractivity contribution < 1.29 is 24.1 Å². The number of amides is 1. The molecule has 11 nitrogen and oxygen atoms in total. The van der Waals surface area contributed by atoms with Crippen molar-refractivity contribution in [1.82, 2.24) is 15.3 Å². The van der Waals surface area contributed by atoms with E-state index < -0.39 is 18.0 Å². The van der Waals surface area contributed by atoms with Crippen molar-refractivity contribution in [1.29, 1.82) is 5.26 Å². The highest BCUT2D eigenvalue weighted by Crippen LogP contribution is 2.53. The maximum atomic E-state index is 12.4. The van der Waals surface area contributed by atoms with Crippen LogP contribution >= 0.6 is 22.9 Å². The number of rotatable bonds is 12. The van der Waals surface area contributed by atoms with Gasteiger partial charge in [-0.25, -0.2) is 9.78 Å². The molecule has 13 heteroatoms. The molecule has 0 fully saturated rings. The van der Waals surface area contributed by atoms with E-state index in [4.69, 9.17) is 31.5 Å². The van der Waals surface area contributed by atoms with Crippen LogP contribution < -0.4 is 20.7 Å². The Morgan fingerprint density at radius 1 is 1.14 bits per heavy atom. The molecule has 2 heterocycles. The second-order valence-electron chi connectivity index (χ2n) is 13.4. The molecule has 4 N–H and O–H groups in total. The number of aliphatic hydroxyl groups excluding tert-OH is 1. The van der Waals surface area contributed by atoms with Gasteiger partial charge in [0.05, 0.1) is 17.7 Å². The average Bonchev–Trinajstić information content (AvgIpc) is 3.56. The summed E-state index contributed by atoms with van der Waals surface area (Å²) >= 11 is 7.48. The smallest absolute Gasteiger partial charge is 0.407 e. The molecule has 0 saturated heterocycles. The van der Waals surface area contributed by atoms with E-state index in [-0.39, 0.29) is 35.3 Å². The summed E-state index contributed by atoms with van der Waals surface area (Å²) in [6, 6.07) is 19.6. The monoisotopic (exact) mass is 716 g/mol. The predicted octanol–water partition coefficient (Wildman–Crippen LogP) is 7.06. The van der Waals surface area contributed by atoms with Crippen LogP contribution in [0.4, 0.5) is 16.4 Å². The Hall–Kier alpha value is -4.67. The summed E-state index contributed by atoms with van der Waals surface area (Å²) in [5.74, 6) is 0.332. The Labute approximate surface area is 301 Å². The fourth-order valence-corrected chi connectivity index (χ4v) is 7.00. The Balaban J connectivity index is 1.11. The van der Waals surface area contributed by atoms with Crippen LogP contribution in [0.15, 0.2) is 60.2 Å². The quantitative estimate of drug-likeness (QED) is 0.0788. The lowest BCUT2D eigenvalue weighted by Gasteiger charge is -2.24. The molecule has 0 radical (unpaired) electrons. The normalized spacial score (nSPS) is 13.9. The van der Waals surface area contributed by atoms with Crippen LogP contribution in [0.5, 0.6) is 5.88 Å². The maximum absolute atomic E-state index is 12.4. The molecule has 1 aliphatic rings. The molecule has 262 valence electrons. The van der Waals surface area contributed by atoms with Gasteiger partial charge in [-0.15, -0.1) is 11.3 Å². The average molecular weight is 717 g/mol. The van der Waals surface area contributed by atoms with Crippen molar-refractivity contribution in [2.45, 2.75) is 65.1 Å². The minimum absolute atomic E-state index is 0.0418. The molecule has 2 aromatic carbocycles. The lowest BCUT2D eigenvalue weighted by Crippen LogP contribution is -2.29. The number of nitrogens with two attached hydrogens (primary N) is 1. The first-order chi connectivity index (χ1) is 23.6. The largest absolute Gasteiger partial charge is 0.473 e. The van der Waals surface area contributed by atoms with Crippen molar-refractivity contribution in [3.05, 3.63) is 92.5 Å². The second kappa shape index (κ2) is 15.1. The van der Waals surface area contributed by atoms with Crippen molar-refractivity contribution in [3.8, 4) is 22.4 Å². The highest BCUT2D eigenvalue weighted by molar-refractivity contribution is 7.16. The first kappa shape index (κ1) is 36.6. The first-order valence-electron chi connectivity index (χ1n) is 16.0. The van der Waals surface area contributed by atoms with Gasteiger partial charge in [0, 0.05) is 40.5 Å². The van der Waals surface area contributed by atoms with Gasteiger partial charge in [0.25, 0.3) is 0 Å². The number of hydrogen-bond acceptors (Lipinski definition) is 11. The number of nitrogens with one attached hydrogen (secondary N) is 1. The number of halogens is 1. The predicted molar refractivity (Wildman–Crippen MR) is 196 cm³/mol. The fraction of sp³-hybridized carbons (Fsp3) is 0.351. The molecule has 50 heavy (non-hydrogen) atoms. The van der Waals surface area contributed by atoms with Gasteiger partial charge in [0.15, 0.2) is 6.29 Å². The van der Waals surface area contributed by atoms with E-state index in [2.05, 4.69) is 64.4 Å². The van der Waals surface area contributed by atoms with Crippen LogP contribution in [-0.2, 0) is 28.0 Å². The van der Waals surface area contributed by atoms with E-state index in [0.29, 0.717) is 19.0 Å². The third kappa shape index (κ3) is 8.91. The van der Waals surface area contributed by atoms with E-state index in [1.54, 1.807) is 17.4 Å². The van der Waals surface area contributed by atoms with Gasteiger partial charge in [0.2, 0.25) is 11.8 Å². The fourth-order valence-electron chi connectivity index (χ4n) is 5.51. The highest BCUT2D eigenvalue weighted by Gasteiger charge is 2.37. The van der Waals surface area contributed by atoms with Crippen LogP contribution in [0.3, 0.4) is 0 Å². The summed E-state index contributed by atoms with van der Waals surface area (Å²) in [6.07, 6.45) is -0.0860. The van der Waals surface area contributed by atoms with Gasteiger partial charge in [-0.05, 0) is 72.9 Å². The number of fused-ring (bicyclic) bond motifs is 3. The van der Waals surface area contributed by atoms with Crippen molar-refractivity contribution >= 4 is 46.7 Å². The molecule has 0 bridgehead atoms. The number of ether oxygens (including phenoxy) is 3. The summed E-state index contributed by atoms with van der Waals surface area (Å²) in [5, 5.41) is 23.1. The van der Waals surface area contributed by atoms with Crippen molar-refractivity contribution in [3.63, 3.8) is 0 Å². The molecular formula is C37H41ClN6O5S. The molecule has 1 unspecified atom stereocenters. The van der Waals surface area contributed by atoms with Crippen molar-refractivity contribution in [2.75, 3.05) is 30.8 Å². The van der Waals surface area contributed by atoms with Gasteiger partial charge in [-0.2, -0.15) is 10.2 Å². The van der Waals surface area contributed by atoms with Gasteiger partial charge in [0.1, 0.15) is 24.4 Å². The van der Waals surface area contributed by atoms with Crippen molar-refractivity contribution in [2.24, 2.45) is 0 Å². The molecule has 5 rings (SSSR count). The molecule has 1 amide bonds. The molecule has 2 aromatic heterocycles. The number of carbonyl (C=O) groups excluding carboxylic acids is 1. The standard InChI is InChI=1S/C37H41ClN6O5S/c1-36(2,3)49-33(45)24(19-39)15-26-17-29-32(50-26)27-12-11-25(16-28(27)37(29,4)5)44(6)13-14-47-35(46)41-20-22-7-9-23(10-8-22)21-48-31-18-30(38)42-34(40)43-31/h7-12,15-18,33,45H,13-14,20-21H2,1-6H3,(H,41,46)(H2,40,42,43)/b24-15+. The van der Waals surface area contributed by atoms with E-state index >= 15 is 0 Å². The van der Waals surface area contributed by atoms with Crippen LogP contribution in [0, 0.1) is 11.3 Å². The first-order valence-corrected chi connectivity index (χ1v) is 17.2. The number of anilines is 2. The van der Waals surface area contributed by atoms with E-state index in [1.807, 2.05) is 52.1 Å². The third-order valence-electron chi connectivity index (χ3n) is 8.14. The highest BCUT2D eigenvalue weighted by atomic mass is 35.5. The second-order valence-corrected chi connectivity index (χ2v) is 14.9. The molecule has 0 saturated carbocycles. The molecule has 0 aliphatic heterocycles. The SMILES string of the molecule is CN(CCOC(=O)NCc1ccc(COc2cc(Cl)nc(N)n2)cc1)c1ccc2c(c1)C(C)(C)c1cc(/C=C(\C#N)C(O)OC(C)(C)C)sc1-2. The number of aliphatic hydroxyl groups is 1. The van der Waals surface area contributed by atoms with E-state index in [9.17, 15) is 15.2 Å². The number of likely N-dealkylation sites (N-methyl/N-ethyl adjacent to an activating group) is 1. The molecule has 0 spiro atoms. The minimum atomic E-state index is -1.30. The Kier molecular flexibility index (Phi) is 11.0. The van der Waals surface area contributed by atoms with Crippen LogP contribution in [0.2, 0.25) is 5.15 Å². The Morgan fingerprint density at radius 3 is 2.54 bits per heavy atom. The van der Waals surface area contributed by atoms with Gasteiger partial charge in [-0.3, -0.25) is 0 Å². The van der Waals surface area contributed by atoms with Gasteiger partial charge in [-0.1, -0.05) is 55.8 Å². The molecule has 1 aliphatic carbocycles. The third-order valence-corrected chi connectivity index (χ3v) is 9.45. The number of hydrogen-bond donors (Lipinski definition) is 3. The summed E-state index contributed by atoms with van der Waals surface area (Å²) < 4.78 is 16.7. The lowest BCUT2D eigenvalue weighted by atomic mass is 9.82. The number of nitriles is 1. The zero-order chi connectivity index (χ0) is 36.2. The zero-order valence-electron chi connectivity index (χ0n) is 28.9.